The van der Waals surface area contributed by atoms with E-state index in [1.165, 1.54) is 11.6 Å². The zero-order chi connectivity index (χ0) is 16.3. The lowest BCUT2D eigenvalue weighted by molar-refractivity contribution is -0.176. The summed E-state index contributed by atoms with van der Waals surface area (Å²) in [5.74, 6) is -0.106. The molecule has 1 saturated heterocycles. The van der Waals surface area contributed by atoms with Crippen LogP contribution in [0.1, 0.15) is 60.3 Å². The van der Waals surface area contributed by atoms with Crippen LogP contribution >= 0.6 is 0 Å². The van der Waals surface area contributed by atoms with E-state index in [0.29, 0.717) is 12.8 Å². The van der Waals surface area contributed by atoms with Crippen LogP contribution in [-0.4, -0.2) is 11.4 Å². The van der Waals surface area contributed by atoms with E-state index in [4.69, 9.17) is 4.74 Å². The summed E-state index contributed by atoms with van der Waals surface area (Å²) in [6, 6.07) is 15.5. The Morgan fingerprint density at radius 3 is 2.67 bits per heavy atom. The van der Waals surface area contributed by atoms with E-state index in [1.54, 1.807) is 6.07 Å². The lowest BCUT2D eigenvalue weighted by Gasteiger charge is -2.54. The third kappa shape index (κ3) is 1.76. The molecule has 0 aromatic heterocycles. The Kier molecular flexibility index (Phi) is 2.99. The minimum Gasteiger partial charge on any atom is -0.359 e. The van der Waals surface area contributed by atoms with Gasteiger partial charge in [0.2, 0.25) is 0 Å². The van der Waals surface area contributed by atoms with Crippen molar-refractivity contribution in [1.29, 1.82) is 0 Å². The molecule has 1 spiro atoms. The van der Waals surface area contributed by atoms with Gasteiger partial charge in [-0.2, -0.15) is 0 Å². The first kappa shape index (κ1) is 14.4. The van der Waals surface area contributed by atoms with Crippen LogP contribution in [0.25, 0.3) is 0 Å². The maximum Gasteiger partial charge on any atom is 0.165 e. The first-order valence-electron chi connectivity index (χ1n) is 8.75. The molecule has 2 aromatic rings. The van der Waals surface area contributed by atoms with Gasteiger partial charge in [0.15, 0.2) is 5.78 Å². The lowest BCUT2D eigenvalue weighted by Crippen LogP contribution is -2.54. The van der Waals surface area contributed by atoms with Crippen molar-refractivity contribution in [3.8, 4) is 0 Å². The van der Waals surface area contributed by atoms with Gasteiger partial charge in [0.1, 0.15) is 11.4 Å². The molecule has 2 aromatic carbocycles. The molecular weight excluding hydrogens is 303 g/mol. The maximum atomic E-state index is 14.8. The normalized spacial score (nSPS) is 33.9. The van der Waals surface area contributed by atoms with Gasteiger partial charge in [-0.1, -0.05) is 42.5 Å². The first-order valence-corrected chi connectivity index (χ1v) is 8.75. The van der Waals surface area contributed by atoms with Crippen molar-refractivity contribution in [2.24, 2.45) is 0 Å². The van der Waals surface area contributed by atoms with Crippen LogP contribution in [-0.2, 0) is 9.53 Å². The Hall–Kier alpha value is -2.00. The summed E-state index contributed by atoms with van der Waals surface area (Å²) in [7, 11) is 0. The highest BCUT2D eigenvalue weighted by Crippen LogP contribution is 2.63. The number of carbonyl (C=O) groups excluding carboxylic acids is 1. The van der Waals surface area contributed by atoms with Crippen LogP contribution < -0.4 is 0 Å². The number of carbonyl (C=O) groups is 1. The van der Waals surface area contributed by atoms with Gasteiger partial charge in [-0.15, -0.1) is 0 Å². The molecule has 2 nitrogen and oxygen atoms in total. The largest absolute Gasteiger partial charge is 0.359 e. The fourth-order valence-electron chi connectivity index (χ4n) is 5.20. The van der Waals surface area contributed by atoms with Crippen LogP contribution in [0.2, 0.25) is 0 Å². The molecule has 0 N–H and O–H groups in total. The number of hydrogen-bond donors (Lipinski definition) is 0. The predicted octanol–water partition coefficient (Wildman–Crippen LogP) is 4.66. The number of halogens is 1. The molecule has 2 fully saturated rings. The molecule has 24 heavy (non-hydrogen) atoms. The average Bonchev–Trinajstić information content (AvgIpc) is 2.96. The summed E-state index contributed by atoms with van der Waals surface area (Å²) >= 11 is 0. The second-order valence-corrected chi connectivity index (χ2v) is 7.25. The first-order chi connectivity index (χ1) is 11.7. The Labute approximate surface area is 140 Å². The zero-order valence-corrected chi connectivity index (χ0v) is 13.4. The van der Waals surface area contributed by atoms with E-state index in [-0.39, 0.29) is 29.5 Å². The molecule has 2 aliphatic carbocycles. The van der Waals surface area contributed by atoms with Crippen molar-refractivity contribution in [3.63, 3.8) is 0 Å². The minimum atomic E-state index is -0.821. The second kappa shape index (κ2) is 5.00. The fourth-order valence-corrected chi connectivity index (χ4v) is 5.20. The Balaban J connectivity index is 1.74. The summed E-state index contributed by atoms with van der Waals surface area (Å²) in [5.41, 5.74) is 2.03. The number of hydrogen-bond acceptors (Lipinski definition) is 2. The van der Waals surface area contributed by atoms with Gasteiger partial charge in [0.25, 0.3) is 0 Å². The molecule has 2 bridgehead atoms. The summed E-state index contributed by atoms with van der Waals surface area (Å²) in [5, 5.41) is 0. The molecule has 3 unspecified atom stereocenters. The molecule has 122 valence electrons. The van der Waals surface area contributed by atoms with Crippen molar-refractivity contribution in [3.05, 3.63) is 71.0 Å². The van der Waals surface area contributed by atoms with Gasteiger partial charge in [-0.05, 0) is 42.4 Å². The van der Waals surface area contributed by atoms with Crippen molar-refractivity contribution in [2.45, 2.75) is 49.2 Å². The number of fused-ring (bicyclic) bond motifs is 1. The maximum absolute atomic E-state index is 14.8. The summed E-state index contributed by atoms with van der Waals surface area (Å²) in [6.45, 7) is 0. The monoisotopic (exact) mass is 322 g/mol. The SMILES string of the molecule is O=C1CCCC12OC1CC(c3ccccc3)[C@@H]2c2c(F)cccc21. The van der Waals surface area contributed by atoms with Gasteiger partial charge in [-0.25, -0.2) is 4.39 Å². The molecule has 0 radical (unpaired) electrons. The van der Waals surface area contributed by atoms with Crippen molar-refractivity contribution >= 4 is 5.78 Å². The number of ketones is 1. The third-order valence-corrected chi connectivity index (χ3v) is 6.12. The van der Waals surface area contributed by atoms with E-state index < -0.39 is 5.60 Å². The van der Waals surface area contributed by atoms with E-state index in [0.717, 1.165) is 24.0 Å². The summed E-state index contributed by atoms with van der Waals surface area (Å²) in [6.07, 6.45) is 2.74. The molecule has 2 heterocycles. The smallest absolute Gasteiger partial charge is 0.165 e. The van der Waals surface area contributed by atoms with Gasteiger partial charge in [0.05, 0.1) is 6.10 Å². The Bertz CT molecular complexity index is 816. The van der Waals surface area contributed by atoms with Crippen LogP contribution in [0.15, 0.2) is 48.5 Å². The number of benzene rings is 2. The van der Waals surface area contributed by atoms with Crippen LogP contribution in [0.3, 0.4) is 0 Å². The summed E-state index contributed by atoms with van der Waals surface area (Å²) < 4.78 is 21.2. The van der Waals surface area contributed by atoms with Gasteiger partial charge < -0.3 is 4.74 Å². The van der Waals surface area contributed by atoms with Crippen molar-refractivity contribution < 1.29 is 13.9 Å². The van der Waals surface area contributed by atoms with E-state index in [2.05, 4.69) is 12.1 Å². The number of rotatable bonds is 1. The molecular formula is C21H19FO2. The molecule has 6 rings (SSSR count). The second-order valence-electron chi connectivity index (χ2n) is 7.25. The van der Waals surface area contributed by atoms with Crippen LogP contribution in [0, 0.1) is 5.82 Å². The zero-order valence-electron chi connectivity index (χ0n) is 13.4. The van der Waals surface area contributed by atoms with Crippen LogP contribution in [0.5, 0.6) is 0 Å². The minimum absolute atomic E-state index is 0.136. The van der Waals surface area contributed by atoms with Crippen molar-refractivity contribution in [2.75, 3.05) is 0 Å². The predicted molar refractivity (Wildman–Crippen MR) is 88.4 cm³/mol. The Morgan fingerprint density at radius 1 is 1.08 bits per heavy atom. The molecule has 4 aliphatic rings. The van der Waals surface area contributed by atoms with Gasteiger partial charge >= 0.3 is 0 Å². The number of ether oxygens (including phenoxy) is 1. The fraction of sp³-hybridized carbons (Fsp3) is 0.381. The molecule has 4 atom stereocenters. The number of Topliss-reactive ketones (excluding diaryl/α,β-unsaturated/α-hetero) is 1. The van der Waals surface area contributed by atoms with Crippen LogP contribution in [0.4, 0.5) is 4.39 Å². The highest BCUT2D eigenvalue weighted by molar-refractivity contribution is 5.91. The van der Waals surface area contributed by atoms with E-state index >= 15 is 0 Å². The quantitative estimate of drug-likeness (QED) is 0.763. The lowest BCUT2D eigenvalue weighted by atomic mass is 9.60. The van der Waals surface area contributed by atoms with E-state index in [9.17, 15) is 9.18 Å². The van der Waals surface area contributed by atoms with Gasteiger partial charge in [0, 0.05) is 17.9 Å². The Morgan fingerprint density at radius 2 is 1.92 bits per heavy atom. The molecule has 2 aliphatic heterocycles. The standard InChI is InChI=1S/C21H19FO2/c22-16-9-4-8-14-17-12-15(13-6-2-1-3-7-13)20(19(14)16)21(24-17)11-5-10-18(21)23/h1-4,6-9,15,17,20H,5,10-12H2/t15?,17?,20-,21?/m1/s1. The van der Waals surface area contributed by atoms with E-state index in [1.807, 2.05) is 24.3 Å². The van der Waals surface area contributed by atoms with Gasteiger partial charge in [-0.3, -0.25) is 4.79 Å². The highest BCUT2D eigenvalue weighted by Gasteiger charge is 2.61. The highest BCUT2D eigenvalue weighted by atomic mass is 19.1. The molecule has 1 saturated carbocycles. The molecule has 3 heteroatoms. The average molecular weight is 322 g/mol. The van der Waals surface area contributed by atoms with Crippen molar-refractivity contribution in [1.82, 2.24) is 0 Å². The third-order valence-electron chi connectivity index (χ3n) is 6.12. The summed E-state index contributed by atoms with van der Waals surface area (Å²) in [4.78, 5) is 12.8. The molecule has 0 amide bonds. The topological polar surface area (TPSA) is 26.3 Å².